The summed E-state index contributed by atoms with van der Waals surface area (Å²) < 4.78 is 13.5. The Kier molecular flexibility index (Phi) is 11.0. The zero-order valence-corrected chi connectivity index (χ0v) is 39.1. The van der Waals surface area contributed by atoms with E-state index in [4.69, 9.17) is 8.83 Å². The van der Waals surface area contributed by atoms with E-state index in [9.17, 15) is 0 Å². The Morgan fingerprint density at radius 2 is 1.39 bits per heavy atom. The zero-order chi connectivity index (χ0) is 44.4. The highest BCUT2D eigenvalue weighted by Gasteiger charge is 2.38. The average Bonchev–Trinajstić information content (AvgIpc) is 3.80. The number of allylic oxidation sites excluding steroid dienone is 4. The van der Waals surface area contributed by atoms with Crippen molar-refractivity contribution in [2.45, 2.75) is 113 Å². The molecule has 317 valence electrons. The third kappa shape index (κ3) is 8.19. The van der Waals surface area contributed by atoms with Gasteiger partial charge in [0.2, 0.25) is 7.28 Å². The molecule has 5 aromatic carbocycles. The fraction of sp³-hybridized carbons (Fsp3) is 0.333. The van der Waals surface area contributed by atoms with E-state index in [0.717, 1.165) is 73.2 Å². The molecule has 0 amide bonds. The molecule has 7 aromatic rings. The van der Waals surface area contributed by atoms with Crippen LogP contribution in [-0.4, -0.2) is 7.28 Å². The minimum atomic E-state index is -0.0691. The fourth-order valence-electron chi connectivity index (χ4n) is 9.43. The van der Waals surface area contributed by atoms with Crippen molar-refractivity contribution >= 4 is 74.1 Å². The number of hydrogen-bond donors (Lipinski definition) is 1. The van der Waals surface area contributed by atoms with E-state index in [1.807, 2.05) is 12.1 Å². The van der Waals surface area contributed by atoms with Crippen molar-refractivity contribution in [1.82, 2.24) is 0 Å². The van der Waals surface area contributed by atoms with Crippen LogP contribution >= 0.6 is 0 Å². The molecular weight excluding hydrogens is 755 g/mol. The summed E-state index contributed by atoms with van der Waals surface area (Å²) in [6.45, 7) is 31.8. The van der Waals surface area contributed by atoms with Gasteiger partial charge >= 0.3 is 0 Å². The summed E-state index contributed by atoms with van der Waals surface area (Å²) in [4.78, 5) is 2.35. The molecule has 0 spiro atoms. The number of nitrogens with one attached hydrogen (secondary N) is 1. The third-order valence-corrected chi connectivity index (χ3v) is 13.1. The Labute approximate surface area is 371 Å². The molecule has 0 unspecified atom stereocenters. The van der Waals surface area contributed by atoms with Crippen molar-refractivity contribution in [3.05, 3.63) is 156 Å². The molecule has 1 aliphatic rings. The van der Waals surface area contributed by atoms with Gasteiger partial charge in [-0.3, -0.25) is 0 Å². The molecule has 62 heavy (non-hydrogen) atoms. The second-order valence-corrected chi connectivity index (χ2v) is 21.1. The molecule has 2 heterocycles. The number of para-hydroxylation sites is 2. The summed E-state index contributed by atoms with van der Waals surface area (Å²) >= 11 is 0. The zero-order valence-electron chi connectivity index (χ0n) is 39.1. The second-order valence-electron chi connectivity index (χ2n) is 21.1. The maximum absolute atomic E-state index is 6.79. The lowest BCUT2D eigenvalue weighted by Gasteiger charge is -2.41. The van der Waals surface area contributed by atoms with E-state index in [1.54, 1.807) is 0 Å². The van der Waals surface area contributed by atoms with Gasteiger partial charge < -0.3 is 19.1 Å². The van der Waals surface area contributed by atoms with Crippen molar-refractivity contribution in [2.24, 2.45) is 10.8 Å². The minimum Gasteiger partial charge on any atom is -0.472 e. The van der Waals surface area contributed by atoms with Gasteiger partial charge in [-0.2, -0.15) is 0 Å². The smallest absolute Gasteiger partial charge is 0.243 e. The van der Waals surface area contributed by atoms with E-state index in [1.165, 1.54) is 34.3 Å². The predicted octanol–water partition coefficient (Wildman–Crippen LogP) is 15.4. The molecule has 1 aliphatic carbocycles. The van der Waals surface area contributed by atoms with Crippen LogP contribution in [0, 0.1) is 10.8 Å². The normalized spacial score (nSPS) is 15.6. The third-order valence-electron chi connectivity index (χ3n) is 13.1. The molecule has 2 aromatic heterocycles. The molecule has 1 N–H and O–H groups in total. The number of furan rings is 2. The lowest BCUT2D eigenvalue weighted by atomic mass is 9.63. The Morgan fingerprint density at radius 3 is 2.08 bits per heavy atom. The highest BCUT2D eigenvalue weighted by molar-refractivity contribution is 6.68. The fourth-order valence-corrected chi connectivity index (χ4v) is 9.43. The van der Waals surface area contributed by atoms with E-state index < -0.39 is 0 Å². The summed E-state index contributed by atoms with van der Waals surface area (Å²) in [6.07, 6.45) is 8.63. The molecule has 0 aliphatic heterocycles. The van der Waals surface area contributed by atoms with Gasteiger partial charge in [-0.25, -0.2) is 0 Å². The number of nitrogens with zero attached hydrogens (tertiary/aromatic N) is 1. The van der Waals surface area contributed by atoms with Crippen LogP contribution in [0.2, 0.25) is 0 Å². The minimum absolute atomic E-state index is 0.0394. The van der Waals surface area contributed by atoms with E-state index in [-0.39, 0.29) is 21.7 Å². The number of benzene rings is 5. The highest BCUT2D eigenvalue weighted by atomic mass is 16.3. The molecular formula is C57H64BN2O2. The van der Waals surface area contributed by atoms with Crippen molar-refractivity contribution in [3.63, 3.8) is 0 Å². The Morgan fingerprint density at radius 1 is 0.710 bits per heavy atom. The van der Waals surface area contributed by atoms with E-state index in [2.05, 4.69) is 216 Å². The summed E-state index contributed by atoms with van der Waals surface area (Å²) in [7, 11) is 2.22. The summed E-state index contributed by atoms with van der Waals surface area (Å²) in [5, 5.41) is 6.96. The van der Waals surface area contributed by atoms with Crippen LogP contribution in [0.5, 0.6) is 0 Å². The Balaban J connectivity index is 1.28. The number of fused-ring (bicyclic) bond motifs is 5. The van der Waals surface area contributed by atoms with Crippen molar-refractivity contribution in [2.75, 3.05) is 10.2 Å². The first kappa shape index (κ1) is 43.0. The van der Waals surface area contributed by atoms with Crippen LogP contribution in [0.4, 0.5) is 22.7 Å². The van der Waals surface area contributed by atoms with Crippen LogP contribution in [-0.2, 0) is 10.8 Å². The average molecular weight is 820 g/mol. The molecule has 0 saturated heterocycles. The van der Waals surface area contributed by atoms with Crippen molar-refractivity contribution < 1.29 is 8.83 Å². The SMILES string of the molecule is C=C/C(=C(\C=C\Nc1cccc(N(c2ccc(C(C)C)cc2[B]c2cc3cc4c(cc3o2)C(C)(C)CCC4(C)C)c2cccc3c2oc2ccccc23)c1)C(C)(C)C)C(C)(C)C. The first-order chi connectivity index (χ1) is 29.2. The second kappa shape index (κ2) is 15.9. The van der Waals surface area contributed by atoms with E-state index >= 15 is 0 Å². The first-order valence-electron chi connectivity index (χ1n) is 22.4. The molecule has 8 rings (SSSR count). The van der Waals surface area contributed by atoms with Crippen LogP contribution in [0.3, 0.4) is 0 Å². The van der Waals surface area contributed by atoms with Crippen molar-refractivity contribution in [1.29, 1.82) is 0 Å². The molecule has 0 saturated carbocycles. The number of anilines is 4. The van der Waals surface area contributed by atoms with Gasteiger partial charge in [0.25, 0.3) is 0 Å². The maximum Gasteiger partial charge on any atom is 0.243 e. The van der Waals surface area contributed by atoms with Crippen molar-refractivity contribution in [3.8, 4) is 0 Å². The van der Waals surface area contributed by atoms with Gasteiger partial charge in [0.05, 0.1) is 11.3 Å². The summed E-state index contributed by atoms with van der Waals surface area (Å²) in [5.41, 5.74) is 15.2. The molecule has 5 heteroatoms. The van der Waals surface area contributed by atoms with Gasteiger partial charge in [0.1, 0.15) is 11.2 Å². The van der Waals surface area contributed by atoms with Gasteiger partial charge in [-0.05, 0) is 129 Å². The largest absolute Gasteiger partial charge is 0.472 e. The van der Waals surface area contributed by atoms with Crippen LogP contribution in [0.25, 0.3) is 32.9 Å². The van der Waals surface area contributed by atoms with Gasteiger partial charge in [-0.15, -0.1) is 0 Å². The molecule has 0 fully saturated rings. The molecule has 4 nitrogen and oxygen atoms in total. The first-order valence-corrected chi connectivity index (χ1v) is 22.4. The molecule has 0 atom stereocenters. The number of hydrogen-bond acceptors (Lipinski definition) is 4. The standard InChI is InChI=1S/C57H64BN2O2/c1-14-43(54(4,5)6)44(55(7,8)9)27-30-59-39-19-17-20-40(34-39)60(49-23-18-22-42-41-21-15-16-24-50(41)62-53(42)49)48-26-25-37(36(2)3)32-47(48)58-52-33-38-31-45-46(35-51(38)61-52)57(12,13)29-28-56(45,10)11/h14-27,30-36,59H,1,28-29H2,2-13H3/b30-27+,44-43-. The quantitative estimate of drug-likeness (QED) is 0.110. The predicted molar refractivity (Wildman–Crippen MR) is 268 cm³/mol. The topological polar surface area (TPSA) is 41.5 Å². The van der Waals surface area contributed by atoms with Crippen LogP contribution in [0.1, 0.15) is 119 Å². The lowest BCUT2D eigenvalue weighted by molar-refractivity contribution is 0.332. The summed E-state index contributed by atoms with van der Waals surface area (Å²) in [6, 6.07) is 37.2. The van der Waals surface area contributed by atoms with Crippen LogP contribution < -0.4 is 21.3 Å². The van der Waals surface area contributed by atoms with Gasteiger partial charge in [0, 0.05) is 39.4 Å². The Hall–Kier alpha value is -5.68. The Bertz CT molecular complexity index is 2830. The highest BCUT2D eigenvalue weighted by Crippen LogP contribution is 2.47. The maximum atomic E-state index is 6.79. The van der Waals surface area contributed by atoms with Crippen LogP contribution in [0.15, 0.2) is 148 Å². The summed E-state index contributed by atoms with van der Waals surface area (Å²) in [5.74, 6) is 0.335. The number of rotatable bonds is 10. The molecule has 1 radical (unpaired) electrons. The molecule has 0 bridgehead atoms. The van der Waals surface area contributed by atoms with E-state index in [0.29, 0.717) is 5.92 Å². The lowest BCUT2D eigenvalue weighted by Crippen LogP contribution is -2.33. The van der Waals surface area contributed by atoms with Gasteiger partial charge in [-0.1, -0.05) is 150 Å². The van der Waals surface area contributed by atoms with Gasteiger partial charge in [0.15, 0.2) is 5.58 Å². The monoisotopic (exact) mass is 820 g/mol.